The van der Waals surface area contributed by atoms with Gasteiger partial charge >= 0.3 is 0 Å². The number of rotatable bonds is 5. The molecule has 0 atom stereocenters. The highest BCUT2D eigenvalue weighted by Crippen LogP contribution is 2.30. The summed E-state index contributed by atoms with van der Waals surface area (Å²) in [4.78, 5) is 26.1. The lowest BCUT2D eigenvalue weighted by molar-refractivity contribution is -0.133. The van der Waals surface area contributed by atoms with Crippen LogP contribution in [0, 0.1) is 12.7 Å². The van der Waals surface area contributed by atoms with Gasteiger partial charge in [0, 0.05) is 50.5 Å². The number of piperazine rings is 1. The molecular weight excluding hydrogens is 419 g/mol. The number of aryl methyl sites for hydroxylation is 1. The first-order chi connectivity index (χ1) is 16.1. The minimum absolute atomic E-state index is 0.0332. The predicted molar refractivity (Wildman–Crippen MR) is 124 cm³/mol. The van der Waals surface area contributed by atoms with Crippen LogP contribution in [0.5, 0.6) is 0 Å². The molecule has 0 saturated carbocycles. The minimum atomic E-state index is -0.276. The maximum atomic E-state index is 13.4. The van der Waals surface area contributed by atoms with Crippen LogP contribution in [0.15, 0.2) is 60.9 Å². The Bertz CT molecular complexity index is 1260. The molecule has 1 aromatic carbocycles. The van der Waals surface area contributed by atoms with Gasteiger partial charge in [0.15, 0.2) is 5.65 Å². The highest BCUT2D eigenvalue weighted by molar-refractivity contribution is 5.95. The van der Waals surface area contributed by atoms with Gasteiger partial charge in [-0.25, -0.2) is 14.1 Å². The van der Waals surface area contributed by atoms with Gasteiger partial charge in [-0.1, -0.05) is 18.2 Å². The zero-order valence-electron chi connectivity index (χ0n) is 18.5. The predicted octanol–water partition coefficient (Wildman–Crippen LogP) is 3.29. The molecule has 4 aromatic rings. The lowest BCUT2D eigenvalue weighted by atomic mass is 10.0. The Labute approximate surface area is 191 Å². The van der Waals surface area contributed by atoms with Gasteiger partial charge in [0.25, 0.3) is 0 Å². The van der Waals surface area contributed by atoms with Crippen LogP contribution in [-0.2, 0) is 17.9 Å². The summed E-state index contributed by atoms with van der Waals surface area (Å²) in [6, 6.07) is 14.2. The molecule has 0 aliphatic carbocycles. The van der Waals surface area contributed by atoms with Crippen LogP contribution in [0.3, 0.4) is 0 Å². The average Bonchev–Trinajstić information content (AvgIpc) is 3.16. The van der Waals surface area contributed by atoms with E-state index in [0.29, 0.717) is 18.7 Å². The third-order valence-electron chi connectivity index (χ3n) is 6.08. The molecule has 1 amide bonds. The van der Waals surface area contributed by atoms with E-state index in [-0.39, 0.29) is 18.3 Å². The number of hydrogen-bond acceptors (Lipinski definition) is 5. The number of benzene rings is 1. The topological polar surface area (TPSA) is 67.2 Å². The number of carbonyl (C=O) groups is 1. The van der Waals surface area contributed by atoms with Gasteiger partial charge in [-0.05, 0) is 48.4 Å². The van der Waals surface area contributed by atoms with Crippen molar-refractivity contribution in [3.05, 3.63) is 78.1 Å². The third-order valence-corrected chi connectivity index (χ3v) is 6.08. The third kappa shape index (κ3) is 4.47. The number of halogens is 1. The number of hydrogen-bond donors (Lipinski definition) is 0. The van der Waals surface area contributed by atoms with E-state index < -0.39 is 0 Å². The second-order valence-electron chi connectivity index (χ2n) is 8.29. The largest absolute Gasteiger partial charge is 0.339 e. The van der Waals surface area contributed by atoms with Crippen molar-refractivity contribution in [2.75, 3.05) is 26.2 Å². The van der Waals surface area contributed by atoms with Crippen LogP contribution < -0.4 is 0 Å². The van der Waals surface area contributed by atoms with Crippen LogP contribution in [-0.4, -0.2) is 61.6 Å². The number of nitrogens with zero attached hydrogens (tertiary/aromatic N) is 6. The number of amides is 1. The van der Waals surface area contributed by atoms with Crippen molar-refractivity contribution in [3.63, 3.8) is 0 Å². The average molecular weight is 445 g/mol. The maximum absolute atomic E-state index is 13.4. The Kier molecular flexibility index (Phi) is 5.83. The highest BCUT2D eigenvalue weighted by Gasteiger charge is 2.23. The van der Waals surface area contributed by atoms with Gasteiger partial charge in [0.05, 0.1) is 11.4 Å². The molecule has 168 valence electrons. The first-order valence-electron chi connectivity index (χ1n) is 11.1. The molecule has 0 unspecified atom stereocenters. The van der Waals surface area contributed by atoms with Gasteiger partial charge in [-0.2, -0.15) is 5.10 Å². The first-order valence-corrected chi connectivity index (χ1v) is 11.1. The fourth-order valence-corrected chi connectivity index (χ4v) is 4.37. The summed E-state index contributed by atoms with van der Waals surface area (Å²) in [5, 5.41) is 5.50. The Hall–Kier alpha value is -3.65. The normalized spacial score (nSPS) is 14.7. The molecule has 1 saturated heterocycles. The number of pyridine rings is 2. The summed E-state index contributed by atoms with van der Waals surface area (Å²) < 4.78 is 15.1. The molecule has 33 heavy (non-hydrogen) atoms. The van der Waals surface area contributed by atoms with Crippen LogP contribution in [0.2, 0.25) is 0 Å². The Morgan fingerprint density at radius 2 is 1.76 bits per heavy atom. The van der Waals surface area contributed by atoms with Crippen LogP contribution in [0.1, 0.15) is 11.4 Å². The summed E-state index contributed by atoms with van der Waals surface area (Å²) in [5.74, 6) is -0.243. The molecule has 1 aliphatic rings. The number of carbonyl (C=O) groups excluding carboxylic acids is 1. The van der Waals surface area contributed by atoms with E-state index in [0.717, 1.165) is 47.5 Å². The Morgan fingerprint density at radius 1 is 0.970 bits per heavy atom. The summed E-state index contributed by atoms with van der Waals surface area (Å²) in [7, 11) is 0. The molecule has 0 N–H and O–H groups in total. The van der Waals surface area contributed by atoms with Crippen molar-refractivity contribution in [3.8, 4) is 11.1 Å². The van der Waals surface area contributed by atoms with Crippen molar-refractivity contribution < 1.29 is 9.18 Å². The van der Waals surface area contributed by atoms with Crippen LogP contribution >= 0.6 is 0 Å². The summed E-state index contributed by atoms with van der Waals surface area (Å²) in [5.41, 5.74) is 4.32. The summed E-state index contributed by atoms with van der Waals surface area (Å²) in [6.45, 7) is 5.83. The van der Waals surface area contributed by atoms with Crippen molar-refractivity contribution in [1.29, 1.82) is 0 Å². The van der Waals surface area contributed by atoms with Crippen molar-refractivity contribution >= 4 is 16.9 Å². The minimum Gasteiger partial charge on any atom is -0.339 e. The SMILES string of the molecule is Cc1nn(CC(=O)N2CCN(Cc3ccccn3)CC2)c2nccc(-c3ccc(F)cc3)c12. The summed E-state index contributed by atoms with van der Waals surface area (Å²) in [6.07, 6.45) is 3.51. The maximum Gasteiger partial charge on any atom is 0.244 e. The molecule has 7 nitrogen and oxygen atoms in total. The van der Waals surface area contributed by atoms with Crippen LogP contribution in [0.4, 0.5) is 4.39 Å². The molecule has 5 rings (SSSR count). The lowest BCUT2D eigenvalue weighted by Crippen LogP contribution is -2.49. The smallest absolute Gasteiger partial charge is 0.244 e. The highest BCUT2D eigenvalue weighted by atomic mass is 19.1. The van der Waals surface area contributed by atoms with E-state index in [1.165, 1.54) is 12.1 Å². The Morgan fingerprint density at radius 3 is 2.48 bits per heavy atom. The van der Waals surface area contributed by atoms with Gasteiger partial charge < -0.3 is 4.90 Å². The van der Waals surface area contributed by atoms with Crippen molar-refractivity contribution in [1.82, 2.24) is 29.5 Å². The quantitative estimate of drug-likeness (QED) is 0.473. The summed E-state index contributed by atoms with van der Waals surface area (Å²) >= 11 is 0. The molecule has 0 radical (unpaired) electrons. The second kappa shape index (κ2) is 9.07. The number of fused-ring (bicyclic) bond motifs is 1. The van der Waals surface area contributed by atoms with E-state index in [1.54, 1.807) is 29.2 Å². The molecular formula is C25H25FN6O. The molecule has 0 bridgehead atoms. The molecule has 1 fully saturated rings. The zero-order valence-corrected chi connectivity index (χ0v) is 18.5. The number of aromatic nitrogens is 4. The lowest BCUT2D eigenvalue weighted by Gasteiger charge is -2.34. The zero-order chi connectivity index (χ0) is 22.8. The van der Waals surface area contributed by atoms with E-state index >= 15 is 0 Å². The fraction of sp³-hybridized carbons (Fsp3) is 0.280. The van der Waals surface area contributed by atoms with Gasteiger partial charge in [0.2, 0.25) is 5.91 Å². The van der Waals surface area contributed by atoms with E-state index in [1.807, 2.05) is 36.1 Å². The first kappa shape index (κ1) is 21.2. The standard InChI is InChI=1S/C25H25FN6O/c1-18-24-22(19-5-7-20(26)8-6-19)9-11-28-25(24)32(29-18)17-23(33)31-14-12-30(13-15-31)16-21-4-2-3-10-27-21/h2-11H,12-17H2,1H3. The Balaban J connectivity index is 1.29. The van der Waals surface area contributed by atoms with Gasteiger partial charge in [-0.15, -0.1) is 0 Å². The van der Waals surface area contributed by atoms with Crippen molar-refractivity contribution in [2.24, 2.45) is 0 Å². The molecule has 4 heterocycles. The van der Waals surface area contributed by atoms with Crippen LogP contribution in [0.25, 0.3) is 22.2 Å². The molecule has 8 heteroatoms. The second-order valence-corrected chi connectivity index (χ2v) is 8.29. The van der Waals surface area contributed by atoms with Crippen molar-refractivity contribution in [2.45, 2.75) is 20.0 Å². The van der Waals surface area contributed by atoms with E-state index in [9.17, 15) is 9.18 Å². The van der Waals surface area contributed by atoms with Gasteiger partial charge in [0.1, 0.15) is 12.4 Å². The van der Waals surface area contributed by atoms with Gasteiger partial charge in [-0.3, -0.25) is 14.7 Å². The van der Waals surface area contributed by atoms with E-state index in [4.69, 9.17) is 0 Å². The fourth-order valence-electron chi connectivity index (χ4n) is 4.37. The monoisotopic (exact) mass is 444 g/mol. The molecule has 1 aliphatic heterocycles. The molecule has 0 spiro atoms. The van der Waals surface area contributed by atoms with E-state index in [2.05, 4.69) is 20.0 Å². The molecule has 3 aromatic heterocycles.